The van der Waals surface area contributed by atoms with Gasteiger partial charge in [-0.05, 0) is 25.3 Å². The molecule has 0 saturated carbocycles. The van der Waals surface area contributed by atoms with Crippen LogP contribution in [0.4, 0.5) is 13.2 Å². The Hall–Kier alpha value is -0.980. The van der Waals surface area contributed by atoms with Crippen molar-refractivity contribution in [3.05, 3.63) is 0 Å². The number of rotatable bonds is 8. The van der Waals surface area contributed by atoms with Crippen molar-refractivity contribution in [1.29, 1.82) is 0 Å². The van der Waals surface area contributed by atoms with E-state index < -0.39 is 12.7 Å². The summed E-state index contributed by atoms with van der Waals surface area (Å²) in [6, 6.07) is 0. The van der Waals surface area contributed by atoms with Crippen LogP contribution in [0.1, 0.15) is 39.0 Å². The average Bonchev–Trinajstić information content (AvgIpc) is 2.81. The van der Waals surface area contributed by atoms with Gasteiger partial charge in [0.25, 0.3) is 0 Å². The van der Waals surface area contributed by atoms with Crippen LogP contribution >= 0.6 is 0 Å². The fourth-order valence-corrected chi connectivity index (χ4v) is 2.51. The lowest BCUT2D eigenvalue weighted by Gasteiger charge is -2.17. The summed E-state index contributed by atoms with van der Waals surface area (Å²) >= 11 is 0. The minimum absolute atomic E-state index is 0.174. The number of likely N-dealkylation sites (tertiary alicyclic amines) is 1. The highest BCUT2D eigenvalue weighted by molar-refractivity contribution is 5.77. The molecule has 4 nitrogen and oxygen atoms in total. The lowest BCUT2D eigenvalue weighted by atomic mass is 10.1. The molecule has 1 saturated heterocycles. The number of hydrogen-bond donors (Lipinski definition) is 2. The van der Waals surface area contributed by atoms with Crippen molar-refractivity contribution in [2.24, 2.45) is 16.6 Å². The average molecular weight is 308 g/mol. The van der Waals surface area contributed by atoms with E-state index in [9.17, 15) is 13.2 Å². The van der Waals surface area contributed by atoms with E-state index >= 15 is 0 Å². The highest BCUT2D eigenvalue weighted by atomic mass is 19.4. The highest BCUT2D eigenvalue weighted by Crippen LogP contribution is 2.22. The molecule has 0 bridgehead atoms. The van der Waals surface area contributed by atoms with Crippen molar-refractivity contribution in [3.63, 3.8) is 0 Å². The first kappa shape index (κ1) is 18.1. The highest BCUT2D eigenvalue weighted by Gasteiger charge is 2.34. The first-order valence-electron chi connectivity index (χ1n) is 7.73. The van der Waals surface area contributed by atoms with Crippen molar-refractivity contribution < 1.29 is 13.2 Å². The molecule has 1 atom stereocenters. The largest absolute Gasteiger partial charge is 0.401 e. The maximum Gasteiger partial charge on any atom is 0.401 e. The van der Waals surface area contributed by atoms with Crippen LogP contribution in [0.2, 0.25) is 0 Å². The van der Waals surface area contributed by atoms with Crippen molar-refractivity contribution in [3.8, 4) is 0 Å². The third-order valence-corrected chi connectivity index (χ3v) is 3.63. The van der Waals surface area contributed by atoms with E-state index in [1.807, 2.05) is 0 Å². The minimum Gasteiger partial charge on any atom is -0.370 e. The Labute approximate surface area is 125 Å². The van der Waals surface area contributed by atoms with Gasteiger partial charge in [0.05, 0.1) is 6.54 Å². The van der Waals surface area contributed by atoms with Gasteiger partial charge in [-0.25, -0.2) is 0 Å². The quantitative estimate of drug-likeness (QED) is 0.411. The van der Waals surface area contributed by atoms with Gasteiger partial charge in [-0.3, -0.25) is 9.89 Å². The van der Waals surface area contributed by atoms with E-state index in [0.717, 1.165) is 19.4 Å². The van der Waals surface area contributed by atoms with E-state index in [2.05, 4.69) is 17.2 Å². The van der Waals surface area contributed by atoms with E-state index in [-0.39, 0.29) is 5.92 Å². The maximum atomic E-state index is 12.3. The second kappa shape index (κ2) is 9.12. The van der Waals surface area contributed by atoms with Crippen molar-refractivity contribution in [1.82, 2.24) is 10.2 Å². The standard InChI is InChI=1S/C14H27F3N4/c1-2-3-4-5-7-19-13(18)20-9-12-6-8-21(10-12)11-14(15,16)17/h12H,2-11H2,1H3,(H3,18,19,20). The second-order valence-corrected chi connectivity index (χ2v) is 5.72. The van der Waals surface area contributed by atoms with Crippen molar-refractivity contribution in [2.45, 2.75) is 45.2 Å². The van der Waals surface area contributed by atoms with Crippen LogP contribution in [0.5, 0.6) is 0 Å². The number of nitrogens with two attached hydrogens (primary N) is 1. The smallest absolute Gasteiger partial charge is 0.370 e. The molecule has 7 heteroatoms. The fourth-order valence-electron chi connectivity index (χ4n) is 2.51. The minimum atomic E-state index is -4.11. The molecule has 1 heterocycles. The normalized spacial score (nSPS) is 21.0. The Morgan fingerprint density at radius 2 is 2.10 bits per heavy atom. The van der Waals surface area contributed by atoms with Crippen LogP contribution in [0.25, 0.3) is 0 Å². The van der Waals surface area contributed by atoms with Crippen LogP contribution in [-0.4, -0.2) is 49.8 Å². The maximum absolute atomic E-state index is 12.3. The summed E-state index contributed by atoms with van der Waals surface area (Å²) in [6.07, 6.45) is 1.29. The summed E-state index contributed by atoms with van der Waals surface area (Å²) in [4.78, 5) is 5.67. The molecule has 1 fully saturated rings. The molecule has 21 heavy (non-hydrogen) atoms. The number of unbranched alkanes of at least 4 members (excludes halogenated alkanes) is 3. The van der Waals surface area contributed by atoms with Crippen LogP contribution in [0.3, 0.4) is 0 Å². The number of nitrogens with one attached hydrogen (secondary N) is 1. The summed E-state index contributed by atoms with van der Waals surface area (Å²) in [5, 5.41) is 3.05. The van der Waals surface area contributed by atoms with Crippen LogP contribution in [-0.2, 0) is 0 Å². The molecule has 1 aliphatic heterocycles. The molecule has 3 N–H and O–H groups in total. The van der Waals surface area contributed by atoms with Crippen LogP contribution in [0.15, 0.2) is 4.99 Å². The lowest BCUT2D eigenvalue weighted by molar-refractivity contribution is -0.143. The molecule has 0 aliphatic carbocycles. The predicted octanol–water partition coefficient (Wildman–Crippen LogP) is 2.36. The Morgan fingerprint density at radius 3 is 2.76 bits per heavy atom. The van der Waals surface area contributed by atoms with E-state index in [0.29, 0.717) is 25.6 Å². The van der Waals surface area contributed by atoms with Gasteiger partial charge >= 0.3 is 6.18 Å². The van der Waals surface area contributed by atoms with Gasteiger partial charge in [0.15, 0.2) is 5.96 Å². The number of alkyl halides is 3. The number of guanidine groups is 1. The summed E-state index contributed by atoms with van der Waals surface area (Å²) in [6.45, 7) is 3.59. The van der Waals surface area contributed by atoms with Gasteiger partial charge in [-0.2, -0.15) is 13.2 Å². The summed E-state index contributed by atoms with van der Waals surface area (Å²) < 4.78 is 36.8. The number of halogens is 3. The Bertz CT molecular complexity index is 318. The third kappa shape index (κ3) is 8.80. The molecule has 1 unspecified atom stereocenters. The van der Waals surface area contributed by atoms with Gasteiger partial charge in [0.1, 0.15) is 0 Å². The monoisotopic (exact) mass is 308 g/mol. The number of nitrogens with zero attached hydrogens (tertiary/aromatic N) is 2. The van der Waals surface area contributed by atoms with E-state index in [1.165, 1.54) is 24.2 Å². The molecule has 0 aromatic heterocycles. The Morgan fingerprint density at radius 1 is 1.33 bits per heavy atom. The van der Waals surface area contributed by atoms with Gasteiger partial charge in [0.2, 0.25) is 0 Å². The molecule has 1 rings (SSSR count). The molecular weight excluding hydrogens is 281 g/mol. The summed E-state index contributed by atoms with van der Waals surface area (Å²) in [7, 11) is 0. The zero-order valence-corrected chi connectivity index (χ0v) is 12.8. The summed E-state index contributed by atoms with van der Waals surface area (Å²) in [5.74, 6) is 0.577. The van der Waals surface area contributed by atoms with Gasteiger partial charge < -0.3 is 11.1 Å². The van der Waals surface area contributed by atoms with Crippen molar-refractivity contribution >= 4 is 5.96 Å². The van der Waals surface area contributed by atoms with Gasteiger partial charge in [-0.15, -0.1) is 0 Å². The Balaban J connectivity index is 2.15. The van der Waals surface area contributed by atoms with Crippen molar-refractivity contribution in [2.75, 3.05) is 32.7 Å². The first-order valence-corrected chi connectivity index (χ1v) is 7.73. The van der Waals surface area contributed by atoms with Gasteiger partial charge in [-0.1, -0.05) is 26.2 Å². The molecule has 0 radical (unpaired) electrons. The van der Waals surface area contributed by atoms with Gasteiger partial charge in [0, 0.05) is 19.6 Å². The second-order valence-electron chi connectivity index (χ2n) is 5.72. The molecule has 0 spiro atoms. The molecular formula is C14H27F3N4. The predicted molar refractivity (Wildman–Crippen MR) is 79.2 cm³/mol. The summed E-state index contributed by atoms with van der Waals surface area (Å²) in [5.41, 5.74) is 5.75. The van der Waals surface area contributed by atoms with E-state index in [1.54, 1.807) is 0 Å². The van der Waals surface area contributed by atoms with E-state index in [4.69, 9.17) is 5.73 Å². The molecule has 1 aliphatic rings. The lowest BCUT2D eigenvalue weighted by Crippen LogP contribution is -2.34. The number of hydrogen-bond acceptors (Lipinski definition) is 2. The molecule has 124 valence electrons. The number of aliphatic imine (C=N–C) groups is 1. The SMILES string of the molecule is CCCCCCNC(N)=NCC1CCN(CC(F)(F)F)C1. The van der Waals surface area contributed by atoms with Crippen LogP contribution < -0.4 is 11.1 Å². The zero-order chi connectivity index (χ0) is 15.7. The topological polar surface area (TPSA) is 53.6 Å². The first-order chi connectivity index (χ1) is 9.90. The zero-order valence-electron chi connectivity index (χ0n) is 12.8. The fraction of sp³-hybridized carbons (Fsp3) is 0.929. The Kier molecular flexibility index (Phi) is 7.85. The molecule has 0 amide bonds. The molecule has 0 aromatic rings. The van der Waals surface area contributed by atoms with Crippen LogP contribution in [0, 0.1) is 5.92 Å². The third-order valence-electron chi connectivity index (χ3n) is 3.63. The molecule has 0 aromatic carbocycles.